The van der Waals surface area contributed by atoms with Crippen LogP contribution in [0.4, 0.5) is 0 Å². The van der Waals surface area contributed by atoms with Gasteiger partial charge >= 0.3 is 0 Å². The molecule has 3 aromatic carbocycles. The van der Waals surface area contributed by atoms with Crippen molar-refractivity contribution in [3.8, 4) is 0 Å². The van der Waals surface area contributed by atoms with Gasteiger partial charge in [0.2, 0.25) is 11.8 Å². The molecule has 1 N–H and O–H groups in total. The minimum atomic E-state index is -0.148. The van der Waals surface area contributed by atoms with E-state index in [9.17, 15) is 9.59 Å². The van der Waals surface area contributed by atoms with E-state index >= 15 is 0 Å². The monoisotopic (exact) mass is 494 g/mol. The highest BCUT2D eigenvalue weighted by molar-refractivity contribution is 6.30. The molecule has 0 spiro atoms. The van der Waals surface area contributed by atoms with Crippen LogP contribution in [0.5, 0.6) is 0 Å². The first-order valence-corrected chi connectivity index (χ1v) is 12.3. The Morgan fingerprint density at radius 1 is 0.971 bits per heavy atom. The molecule has 0 aliphatic carbocycles. The zero-order valence-corrected chi connectivity index (χ0v) is 20.6. The van der Waals surface area contributed by atoms with E-state index in [1.807, 2.05) is 85.8 Å². The highest BCUT2D eigenvalue weighted by Gasteiger charge is 2.32. The van der Waals surface area contributed by atoms with Gasteiger partial charge in [-0.15, -0.1) is 0 Å². The molecule has 0 saturated carbocycles. The lowest BCUT2D eigenvalue weighted by atomic mass is 9.86. The molecule has 0 aromatic heterocycles. The van der Waals surface area contributed by atoms with Crippen LogP contribution in [0.1, 0.15) is 41.9 Å². The summed E-state index contributed by atoms with van der Waals surface area (Å²) in [6.45, 7) is 2.64. The quantitative estimate of drug-likeness (QED) is 0.427. The lowest BCUT2D eigenvalue weighted by Crippen LogP contribution is -2.44. The van der Waals surface area contributed by atoms with Crippen molar-refractivity contribution in [1.29, 1.82) is 0 Å². The largest absolute Gasteiger partial charge is 0.351 e. The van der Waals surface area contributed by atoms with Crippen LogP contribution >= 0.6 is 23.2 Å². The maximum Gasteiger partial charge on any atom is 0.239 e. The average molecular weight is 495 g/mol. The molecule has 0 radical (unpaired) electrons. The lowest BCUT2D eigenvalue weighted by molar-refractivity contribution is -0.133. The fraction of sp³-hybridized carbons (Fsp3) is 0.286. The van der Waals surface area contributed by atoms with Crippen molar-refractivity contribution < 1.29 is 9.59 Å². The van der Waals surface area contributed by atoms with Crippen LogP contribution in [-0.4, -0.2) is 35.8 Å². The molecule has 1 aliphatic heterocycles. The normalized spacial score (nSPS) is 17.4. The highest BCUT2D eigenvalue weighted by atomic mass is 35.5. The summed E-state index contributed by atoms with van der Waals surface area (Å²) in [4.78, 5) is 27.2. The molecule has 1 heterocycles. The number of nitrogens with zero attached hydrogens (tertiary/aromatic N) is 1. The maximum absolute atomic E-state index is 12.9. The first-order chi connectivity index (χ1) is 16.4. The second-order valence-electron chi connectivity index (χ2n) is 8.93. The van der Waals surface area contributed by atoms with E-state index in [1.165, 1.54) is 0 Å². The van der Waals surface area contributed by atoms with Crippen LogP contribution in [0.15, 0.2) is 78.9 Å². The number of halogens is 2. The second kappa shape index (κ2) is 11.1. The zero-order chi connectivity index (χ0) is 24.1. The van der Waals surface area contributed by atoms with Crippen LogP contribution in [0.2, 0.25) is 10.0 Å². The van der Waals surface area contributed by atoms with E-state index in [-0.39, 0.29) is 36.2 Å². The molecule has 176 valence electrons. The Kier molecular flexibility index (Phi) is 7.91. The number of amides is 2. The van der Waals surface area contributed by atoms with Gasteiger partial charge in [-0.05, 0) is 54.3 Å². The van der Waals surface area contributed by atoms with Crippen LogP contribution < -0.4 is 5.32 Å². The molecule has 34 heavy (non-hydrogen) atoms. The Bertz CT molecular complexity index is 1120. The van der Waals surface area contributed by atoms with Crippen molar-refractivity contribution in [2.45, 2.75) is 37.6 Å². The molecule has 1 aliphatic rings. The molecule has 3 unspecified atom stereocenters. The maximum atomic E-state index is 12.9. The summed E-state index contributed by atoms with van der Waals surface area (Å²) in [7, 11) is 0. The molecule has 0 bridgehead atoms. The molecule has 1 fully saturated rings. The number of likely N-dealkylation sites (tertiary alicyclic amines) is 1. The average Bonchev–Trinajstić information content (AvgIpc) is 3.19. The van der Waals surface area contributed by atoms with Gasteiger partial charge in [0.05, 0.1) is 6.54 Å². The lowest BCUT2D eigenvalue weighted by Gasteiger charge is -2.27. The van der Waals surface area contributed by atoms with E-state index in [1.54, 1.807) is 4.90 Å². The summed E-state index contributed by atoms with van der Waals surface area (Å²) in [5.74, 6) is 0.0380. The molecule has 6 heteroatoms. The van der Waals surface area contributed by atoms with Crippen molar-refractivity contribution in [2.24, 2.45) is 0 Å². The number of carbonyl (C=O) groups excluding carboxylic acids is 2. The van der Waals surface area contributed by atoms with Gasteiger partial charge in [-0.2, -0.15) is 0 Å². The number of hydrogen-bond acceptors (Lipinski definition) is 2. The number of nitrogens with one attached hydrogen (secondary N) is 1. The van der Waals surface area contributed by atoms with Crippen LogP contribution in [0.25, 0.3) is 0 Å². The van der Waals surface area contributed by atoms with E-state index in [0.717, 1.165) is 23.1 Å². The van der Waals surface area contributed by atoms with Gasteiger partial charge in [-0.1, -0.05) is 77.8 Å². The molecule has 2 amide bonds. The summed E-state index contributed by atoms with van der Waals surface area (Å²) in [6.07, 6.45) is 1.18. The van der Waals surface area contributed by atoms with Crippen molar-refractivity contribution in [1.82, 2.24) is 10.2 Å². The molecule has 3 aromatic rings. The summed E-state index contributed by atoms with van der Waals surface area (Å²) in [6, 6.07) is 25.4. The molecule has 4 rings (SSSR count). The fourth-order valence-corrected chi connectivity index (χ4v) is 4.87. The minimum absolute atomic E-state index is 0.0204. The first-order valence-electron chi connectivity index (χ1n) is 11.5. The second-order valence-corrected chi connectivity index (χ2v) is 9.80. The van der Waals surface area contributed by atoms with Gasteiger partial charge in [0.25, 0.3) is 0 Å². The van der Waals surface area contributed by atoms with Gasteiger partial charge in [0.1, 0.15) is 0 Å². The molecule has 4 nitrogen and oxygen atoms in total. The SMILES string of the molecule is CC(NC(=O)CN1CC(c2ccccc2)CC1=O)C(Cc1ccc(Cl)cc1)c1ccc(Cl)cc1. The van der Waals surface area contributed by atoms with Gasteiger partial charge in [0, 0.05) is 40.9 Å². The van der Waals surface area contributed by atoms with Crippen molar-refractivity contribution in [2.75, 3.05) is 13.1 Å². The highest BCUT2D eigenvalue weighted by Crippen LogP contribution is 2.29. The summed E-state index contributed by atoms with van der Waals surface area (Å²) >= 11 is 12.2. The topological polar surface area (TPSA) is 49.4 Å². The summed E-state index contributed by atoms with van der Waals surface area (Å²) in [5, 5.41) is 4.50. The third kappa shape index (κ3) is 6.19. The zero-order valence-electron chi connectivity index (χ0n) is 19.1. The van der Waals surface area contributed by atoms with Crippen molar-refractivity contribution >= 4 is 35.0 Å². The standard InChI is InChI=1S/C28H28Cl2N2O2/c1-19(26(22-9-13-25(30)14-10-22)15-20-7-11-24(29)12-8-20)31-27(33)18-32-17-23(16-28(32)34)21-5-3-2-4-6-21/h2-14,19,23,26H,15-18H2,1H3,(H,31,33). The Morgan fingerprint density at radius 2 is 1.59 bits per heavy atom. The Labute approximate surface area is 210 Å². The van der Waals surface area contributed by atoms with Gasteiger partial charge in [0.15, 0.2) is 0 Å². The van der Waals surface area contributed by atoms with Crippen molar-refractivity contribution in [3.63, 3.8) is 0 Å². The van der Waals surface area contributed by atoms with Crippen LogP contribution in [0, 0.1) is 0 Å². The predicted molar refractivity (Wildman–Crippen MR) is 137 cm³/mol. The van der Waals surface area contributed by atoms with Gasteiger partial charge in [-0.3, -0.25) is 9.59 Å². The smallest absolute Gasteiger partial charge is 0.239 e. The fourth-order valence-electron chi connectivity index (χ4n) is 4.61. The summed E-state index contributed by atoms with van der Waals surface area (Å²) < 4.78 is 0. The summed E-state index contributed by atoms with van der Waals surface area (Å²) in [5.41, 5.74) is 3.36. The van der Waals surface area contributed by atoms with E-state index in [2.05, 4.69) is 5.32 Å². The number of benzene rings is 3. The third-order valence-electron chi connectivity index (χ3n) is 6.48. The first kappa shape index (κ1) is 24.3. The van der Waals surface area contributed by atoms with Gasteiger partial charge in [-0.25, -0.2) is 0 Å². The van der Waals surface area contributed by atoms with Crippen molar-refractivity contribution in [3.05, 3.63) is 106 Å². The number of carbonyl (C=O) groups is 2. The van der Waals surface area contributed by atoms with Gasteiger partial charge < -0.3 is 10.2 Å². The third-order valence-corrected chi connectivity index (χ3v) is 6.98. The van der Waals surface area contributed by atoms with E-state index in [4.69, 9.17) is 23.2 Å². The number of rotatable bonds is 8. The Hall–Kier alpha value is -2.82. The predicted octanol–water partition coefficient (Wildman–Crippen LogP) is 5.84. The van der Waals surface area contributed by atoms with E-state index in [0.29, 0.717) is 23.0 Å². The Balaban J connectivity index is 1.42. The van der Waals surface area contributed by atoms with E-state index < -0.39 is 0 Å². The van der Waals surface area contributed by atoms with Crippen LogP contribution in [-0.2, 0) is 16.0 Å². The number of hydrogen-bond donors (Lipinski definition) is 1. The molecule has 1 saturated heterocycles. The molecular formula is C28H28Cl2N2O2. The molecular weight excluding hydrogens is 467 g/mol. The minimum Gasteiger partial charge on any atom is -0.351 e. The van der Waals surface area contributed by atoms with Crippen LogP contribution in [0.3, 0.4) is 0 Å². The Morgan fingerprint density at radius 3 is 2.24 bits per heavy atom. The molecule has 3 atom stereocenters.